The first-order chi connectivity index (χ1) is 15.2. The van der Waals surface area contributed by atoms with Crippen LogP contribution in [-0.2, 0) is 19.9 Å². The fraction of sp³-hybridized carbons (Fsp3) is 0.179. The topological polar surface area (TPSA) is 22.2 Å². The molecule has 0 aliphatic carbocycles. The summed E-state index contributed by atoms with van der Waals surface area (Å²) in [7, 11) is 2.09. The van der Waals surface area contributed by atoms with Gasteiger partial charge in [-0.2, -0.15) is 0 Å². The summed E-state index contributed by atoms with van der Waals surface area (Å²) in [5.41, 5.74) is 7.53. The van der Waals surface area contributed by atoms with Crippen molar-refractivity contribution in [1.29, 1.82) is 0 Å². The Bertz CT molecular complexity index is 1590. The predicted molar refractivity (Wildman–Crippen MR) is 131 cm³/mol. The number of nitrogens with zero attached hydrogens (tertiary/aromatic N) is 3. The van der Waals surface area contributed by atoms with Crippen LogP contribution in [0.1, 0.15) is 25.0 Å². The van der Waals surface area contributed by atoms with Gasteiger partial charge < -0.3 is 4.57 Å². The molecule has 0 bridgehead atoms. The fourth-order valence-corrected chi connectivity index (χ4v) is 5.17. The molecule has 0 amide bonds. The van der Waals surface area contributed by atoms with Gasteiger partial charge in [-0.05, 0) is 41.5 Å². The monoisotopic (exact) mass is 403 g/mol. The van der Waals surface area contributed by atoms with Crippen LogP contribution in [0.15, 0.2) is 73.2 Å². The van der Waals surface area contributed by atoms with Crippen molar-refractivity contribution in [2.75, 3.05) is 0 Å². The molecule has 0 aliphatic heterocycles. The van der Waals surface area contributed by atoms with E-state index in [-0.39, 0.29) is 0 Å². The fourth-order valence-electron chi connectivity index (χ4n) is 5.17. The molecule has 0 fully saturated rings. The molecule has 6 aromatic rings. The van der Waals surface area contributed by atoms with E-state index in [2.05, 4.69) is 103 Å². The first-order valence-electron chi connectivity index (χ1n) is 11.1. The second kappa shape index (κ2) is 6.71. The molecule has 0 saturated heterocycles. The molecule has 31 heavy (non-hydrogen) atoms. The summed E-state index contributed by atoms with van der Waals surface area (Å²) in [6.07, 6.45) is 8.48. The minimum Gasteiger partial charge on any atom is -0.356 e. The minimum atomic E-state index is 1.00. The van der Waals surface area contributed by atoms with Gasteiger partial charge >= 0.3 is 0 Å². The predicted octanol–water partition coefficient (Wildman–Crippen LogP) is 6.92. The van der Waals surface area contributed by atoms with Crippen molar-refractivity contribution in [2.45, 2.75) is 26.7 Å². The number of fused-ring (bicyclic) bond motifs is 7. The van der Waals surface area contributed by atoms with Gasteiger partial charge in [-0.15, -0.1) is 0 Å². The van der Waals surface area contributed by atoms with Crippen molar-refractivity contribution in [1.82, 2.24) is 14.0 Å². The lowest BCUT2D eigenvalue weighted by Crippen LogP contribution is -1.99. The maximum absolute atomic E-state index is 4.97. The van der Waals surface area contributed by atoms with E-state index in [9.17, 15) is 0 Å². The largest absolute Gasteiger partial charge is 0.356 e. The van der Waals surface area contributed by atoms with Crippen LogP contribution in [0.3, 0.4) is 0 Å². The standard InChI is InChI=1S/C28H25N3/c1-4-18-9-8-10-19(5-2)27(18)26-15-29-28-23-12-7-6-11-22(23)24-13-20-16-30(3)17-21(20)14-25(24)31(26)28/h6-17H,4-5H2,1-3H3. The molecular formula is C28H25N3. The molecule has 0 unspecified atom stereocenters. The minimum absolute atomic E-state index is 1.00. The molecule has 0 aliphatic rings. The second-order valence-electron chi connectivity index (χ2n) is 8.43. The number of hydrogen-bond acceptors (Lipinski definition) is 1. The van der Waals surface area contributed by atoms with Crippen LogP contribution in [0.5, 0.6) is 0 Å². The number of aromatic nitrogens is 3. The summed E-state index contributed by atoms with van der Waals surface area (Å²) < 4.78 is 4.52. The Balaban J connectivity index is 1.86. The van der Waals surface area contributed by atoms with E-state index >= 15 is 0 Å². The molecule has 6 rings (SSSR count). The molecule has 0 N–H and O–H groups in total. The van der Waals surface area contributed by atoms with Gasteiger partial charge in [0.15, 0.2) is 0 Å². The number of hydrogen-bond donors (Lipinski definition) is 0. The summed E-state index contributed by atoms with van der Waals surface area (Å²) in [5, 5.41) is 6.25. The summed E-state index contributed by atoms with van der Waals surface area (Å²) >= 11 is 0. The van der Waals surface area contributed by atoms with E-state index in [4.69, 9.17) is 4.98 Å². The highest BCUT2D eigenvalue weighted by atomic mass is 15.0. The summed E-state index contributed by atoms with van der Waals surface area (Å²) in [4.78, 5) is 4.97. The molecule has 3 aromatic carbocycles. The van der Waals surface area contributed by atoms with Crippen molar-refractivity contribution in [3.8, 4) is 11.3 Å². The molecule has 0 saturated carbocycles. The van der Waals surface area contributed by atoms with Crippen LogP contribution < -0.4 is 0 Å². The van der Waals surface area contributed by atoms with Gasteiger partial charge in [0.25, 0.3) is 0 Å². The first-order valence-corrected chi connectivity index (χ1v) is 11.1. The second-order valence-corrected chi connectivity index (χ2v) is 8.43. The Kier molecular flexibility index (Phi) is 3.94. The van der Waals surface area contributed by atoms with Gasteiger partial charge in [0.1, 0.15) is 5.65 Å². The van der Waals surface area contributed by atoms with Gasteiger partial charge in [-0.1, -0.05) is 56.3 Å². The molecule has 3 nitrogen and oxygen atoms in total. The molecule has 0 radical (unpaired) electrons. The van der Waals surface area contributed by atoms with Crippen molar-refractivity contribution in [3.63, 3.8) is 0 Å². The third kappa shape index (κ3) is 2.56. The van der Waals surface area contributed by atoms with Gasteiger partial charge in [0.2, 0.25) is 0 Å². The molecular weight excluding hydrogens is 378 g/mol. The average molecular weight is 404 g/mol. The molecule has 0 atom stereocenters. The highest BCUT2D eigenvalue weighted by Gasteiger charge is 2.18. The molecule has 3 aromatic heterocycles. The van der Waals surface area contributed by atoms with E-state index in [1.165, 1.54) is 54.8 Å². The van der Waals surface area contributed by atoms with Crippen LogP contribution in [0, 0.1) is 0 Å². The zero-order valence-corrected chi connectivity index (χ0v) is 18.2. The maximum Gasteiger partial charge on any atom is 0.145 e. The zero-order chi connectivity index (χ0) is 21.1. The van der Waals surface area contributed by atoms with Crippen LogP contribution in [0.25, 0.3) is 49.4 Å². The number of aryl methyl sites for hydroxylation is 3. The Morgan fingerprint density at radius 1 is 0.774 bits per heavy atom. The lowest BCUT2D eigenvalue weighted by atomic mass is 9.95. The van der Waals surface area contributed by atoms with Crippen molar-refractivity contribution >= 4 is 38.1 Å². The highest BCUT2D eigenvalue weighted by Crippen LogP contribution is 2.37. The smallest absolute Gasteiger partial charge is 0.145 e. The van der Waals surface area contributed by atoms with Crippen LogP contribution in [0.4, 0.5) is 0 Å². The number of benzene rings is 3. The van der Waals surface area contributed by atoms with Gasteiger partial charge in [-0.25, -0.2) is 4.98 Å². The van der Waals surface area contributed by atoms with Gasteiger partial charge in [0, 0.05) is 46.5 Å². The summed E-state index contributed by atoms with van der Waals surface area (Å²) in [6, 6.07) is 20.0. The van der Waals surface area contributed by atoms with Crippen molar-refractivity contribution in [2.24, 2.45) is 7.05 Å². The molecule has 3 heterocycles. The molecule has 0 spiro atoms. The maximum atomic E-state index is 4.97. The molecule has 152 valence electrons. The van der Waals surface area contributed by atoms with E-state index in [0.717, 1.165) is 18.5 Å². The SMILES string of the molecule is CCc1cccc(CC)c1-c1cnc2c3ccccc3c3cc4cn(C)cc4cc3n12. The first kappa shape index (κ1) is 18.2. The van der Waals surface area contributed by atoms with E-state index in [0.29, 0.717) is 0 Å². The number of pyridine rings is 1. The Morgan fingerprint density at radius 3 is 2.16 bits per heavy atom. The number of rotatable bonds is 3. The normalized spacial score (nSPS) is 12.0. The van der Waals surface area contributed by atoms with Gasteiger partial charge in [-0.3, -0.25) is 4.40 Å². The Morgan fingerprint density at radius 2 is 1.45 bits per heavy atom. The third-order valence-corrected chi connectivity index (χ3v) is 6.60. The Hall–Kier alpha value is -3.59. The van der Waals surface area contributed by atoms with Crippen molar-refractivity contribution in [3.05, 3.63) is 84.3 Å². The van der Waals surface area contributed by atoms with E-state index in [1.807, 2.05) is 0 Å². The summed E-state index contributed by atoms with van der Waals surface area (Å²) in [5.74, 6) is 0. The third-order valence-electron chi connectivity index (χ3n) is 6.60. The lowest BCUT2D eigenvalue weighted by molar-refractivity contribution is 0.933. The Labute approximate surface area is 181 Å². The average Bonchev–Trinajstić information content (AvgIpc) is 3.40. The van der Waals surface area contributed by atoms with Crippen molar-refractivity contribution < 1.29 is 0 Å². The highest BCUT2D eigenvalue weighted by molar-refractivity contribution is 6.15. The van der Waals surface area contributed by atoms with E-state index in [1.54, 1.807) is 0 Å². The molecule has 3 heteroatoms. The lowest BCUT2D eigenvalue weighted by Gasteiger charge is -2.15. The van der Waals surface area contributed by atoms with E-state index < -0.39 is 0 Å². The quantitative estimate of drug-likeness (QED) is 0.294. The van der Waals surface area contributed by atoms with Crippen LogP contribution in [0.2, 0.25) is 0 Å². The van der Waals surface area contributed by atoms with Gasteiger partial charge in [0.05, 0.1) is 17.4 Å². The zero-order valence-electron chi connectivity index (χ0n) is 18.2. The summed E-state index contributed by atoms with van der Waals surface area (Å²) in [6.45, 7) is 4.48. The van der Waals surface area contributed by atoms with Crippen LogP contribution in [-0.4, -0.2) is 14.0 Å². The number of imidazole rings is 1. The van der Waals surface area contributed by atoms with Crippen LogP contribution >= 0.6 is 0 Å².